The molecule has 0 saturated carbocycles. The van der Waals surface area contributed by atoms with Crippen LogP contribution in [0.3, 0.4) is 0 Å². The van der Waals surface area contributed by atoms with Crippen LogP contribution in [0.4, 0.5) is 5.95 Å². The number of morpholine rings is 1. The Kier molecular flexibility index (Phi) is 3.32. The monoisotopic (exact) mass is 294 g/mol. The molecule has 3 aromatic heterocycles. The van der Waals surface area contributed by atoms with Crippen molar-refractivity contribution in [3.63, 3.8) is 0 Å². The summed E-state index contributed by atoms with van der Waals surface area (Å²) in [5.41, 5.74) is 3.46. The smallest absolute Gasteiger partial charge is 0.226 e. The summed E-state index contributed by atoms with van der Waals surface area (Å²) in [5, 5.41) is 0. The molecule has 0 N–H and O–H groups in total. The number of hydrogen-bond donors (Lipinski definition) is 0. The minimum absolute atomic E-state index is 0.709. The largest absolute Gasteiger partial charge is 0.378 e. The van der Waals surface area contributed by atoms with Crippen LogP contribution in [0.5, 0.6) is 0 Å². The van der Waals surface area contributed by atoms with Crippen molar-refractivity contribution in [2.75, 3.05) is 31.2 Å². The fourth-order valence-corrected chi connectivity index (χ4v) is 2.43. The van der Waals surface area contributed by atoms with Gasteiger partial charge in [-0.25, -0.2) is 19.9 Å². The van der Waals surface area contributed by atoms with Crippen molar-refractivity contribution in [3.05, 3.63) is 37.2 Å². The highest BCUT2D eigenvalue weighted by molar-refractivity contribution is 5.80. The summed E-state index contributed by atoms with van der Waals surface area (Å²) in [6, 6.07) is 1.99. The van der Waals surface area contributed by atoms with E-state index in [1.807, 2.05) is 6.07 Å². The summed E-state index contributed by atoms with van der Waals surface area (Å²) >= 11 is 0. The highest BCUT2D eigenvalue weighted by Crippen LogP contribution is 2.21. The quantitative estimate of drug-likeness (QED) is 0.705. The second-order valence-electron chi connectivity index (χ2n) is 5.02. The summed E-state index contributed by atoms with van der Waals surface area (Å²) in [7, 11) is 0. The lowest BCUT2D eigenvalue weighted by Gasteiger charge is -2.26. The Labute approximate surface area is 127 Å². The average Bonchev–Trinajstić information content (AvgIpc) is 2.62. The Morgan fingerprint density at radius 2 is 1.68 bits per heavy atom. The zero-order valence-electron chi connectivity index (χ0n) is 11.9. The molecular formula is C15H14N6O. The second kappa shape index (κ2) is 5.61. The van der Waals surface area contributed by atoms with Crippen LogP contribution >= 0.6 is 0 Å². The molecule has 4 rings (SSSR count). The maximum Gasteiger partial charge on any atom is 0.226 e. The van der Waals surface area contributed by atoms with E-state index < -0.39 is 0 Å². The molecule has 110 valence electrons. The predicted octanol–water partition coefficient (Wildman–Crippen LogP) is 1.32. The summed E-state index contributed by atoms with van der Waals surface area (Å²) in [6.45, 7) is 3.04. The van der Waals surface area contributed by atoms with Crippen molar-refractivity contribution in [1.82, 2.24) is 24.9 Å². The molecule has 0 amide bonds. The Morgan fingerprint density at radius 1 is 0.864 bits per heavy atom. The van der Waals surface area contributed by atoms with Crippen LogP contribution in [-0.4, -0.2) is 51.2 Å². The summed E-state index contributed by atoms with van der Waals surface area (Å²) in [5.74, 6) is 0.721. The van der Waals surface area contributed by atoms with E-state index in [0.29, 0.717) is 13.2 Å². The molecule has 1 aliphatic heterocycles. The Morgan fingerprint density at radius 3 is 2.50 bits per heavy atom. The molecule has 0 unspecified atom stereocenters. The topological polar surface area (TPSA) is 76.9 Å². The molecule has 1 aliphatic rings. The number of fused-ring (bicyclic) bond motifs is 1. The third-order valence-electron chi connectivity index (χ3n) is 3.61. The van der Waals surface area contributed by atoms with E-state index in [1.165, 1.54) is 6.33 Å². The number of nitrogens with zero attached hydrogens (tertiary/aromatic N) is 6. The first-order chi connectivity index (χ1) is 10.9. The predicted molar refractivity (Wildman–Crippen MR) is 81.4 cm³/mol. The van der Waals surface area contributed by atoms with E-state index in [4.69, 9.17) is 4.74 Å². The van der Waals surface area contributed by atoms with Crippen LogP contribution in [0.15, 0.2) is 37.2 Å². The van der Waals surface area contributed by atoms with Crippen LogP contribution in [0.25, 0.3) is 22.2 Å². The molecule has 0 bridgehead atoms. The van der Waals surface area contributed by atoms with E-state index >= 15 is 0 Å². The van der Waals surface area contributed by atoms with Crippen molar-refractivity contribution in [2.45, 2.75) is 0 Å². The van der Waals surface area contributed by atoms with Crippen LogP contribution < -0.4 is 4.90 Å². The Balaban J connectivity index is 1.74. The van der Waals surface area contributed by atoms with Gasteiger partial charge in [0.1, 0.15) is 11.8 Å². The summed E-state index contributed by atoms with van der Waals surface area (Å²) < 4.78 is 5.36. The normalized spacial score (nSPS) is 15.2. The van der Waals surface area contributed by atoms with Gasteiger partial charge >= 0.3 is 0 Å². The van der Waals surface area contributed by atoms with Crippen molar-refractivity contribution < 1.29 is 4.74 Å². The molecule has 1 saturated heterocycles. The number of anilines is 1. The first kappa shape index (κ1) is 13.0. The summed E-state index contributed by atoms with van der Waals surface area (Å²) in [6.07, 6.45) is 8.59. The molecule has 0 atom stereocenters. The van der Waals surface area contributed by atoms with Gasteiger partial charge in [0.2, 0.25) is 5.95 Å². The molecule has 4 heterocycles. The third-order valence-corrected chi connectivity index (χ3v) is 3.61. The summed E-state index contributed by atoms with van der Waals surface area (Å²) in [4.78, 5) is 23.7. The maximum absolute atomic E-state index is 5.36. The van der Waals surface area contributed by atoms with Gasteiger partial charge < -0.3 is 9.64 Å². The van der Waals surface area contributed by atoms with E-state index in [0.717, 1.165) is 41.2 Å². The van der Waals surface area contributed by atoms with E-state index in [9.17, 15) is 0 Å². The van der Waals surface area contributed by atoms with Gasteiger partial charge in [-0.05, 0) is 6.07 Å². The Hall–Kier alpha value is -2.67. The number of ether oxygens (including phenoxy) is 1. The molecular weight excluding hydrogens is 280 g/mol. The van der Waals surface area contributed by atoms with Crippen LogP contribution in [0, 0.1) is 0 Å². The minimum Gasteiger partial charge on any atom is -0.378 e. The lowest BCUT2D eigenvalue weighted by atomic mass is 10.1. The van der Waals surface area contributed by atoms with Crippen LogP contribution in [0.1, 0.15) is 0 Å². The van der Waals surface area contributed by atoms with E-state index in [2.05, 4.69) is 29.8 Å². The van der Waals surface area contributed by atoms with E-state index in [1.54, 1.807) is 24.8 Å². The number of hydrogen-bond acceptors (Lipinski definition) is 7. The van der Waals surface area contributed by atoms with Gasteiger partial charge in [-0.15, -0.1) is 0 Å². The molecule has 7 heteroatoms. The maximum atomic E-state index is 5.36. The molecule has 22 heavy (non-hydrogen) atoms. The van der Waals surface area contributed by atoms with Crippen molar-refractivity contribution in [2.24, 2.45) is 0 Å². The molecule has 1 fully saturated rings. The lowest BCUT2D eigenvalue weighted by molar-refractivity contribution is 0.122. The number of rotatable bonds is 2. The third kappa shape index (κ3) is 2.46. The molecule has 0 aromatic carbocycles. The minimum atomic E-state index is 0.709. The first-order valence-electron chi connectivity index (χ1n) is 7.11. The first-order valence-corrected chi connectivity index (χ1v) is 7.11. The van der Waals surface area contributed by atoms with Crippen LogP contribution in [0.2, 0.25) is 0 Å². The van der Waals surface area contributed by atoms with Gasteiger partial charge in [0, 0.05) is 42.8 Å². The molecule has 7 nitrogen and oxygen atoms in total. The highest BCUT2D eigenvalue weighted by atomic mass is 16.5. The fourth-order valence-electron chi connectivity index (χ4n) is 2.43. The average molecular weight is 294 g/mol. The fraction of sp³-hybridized carbons (Fsp3) is 0.267. The SMILES string of the molecule is c1ncc(-c2cnc3cnc(N4CCOCC4)nc3c2)cn1. The van der Waals surface area contributed by atoms with Gasteiger partial charge in [-0.1, -0.05) is 0 Å². The second-order valence-corrected chi connectivity index (χ2v) is 5.02. The molecule has 0 spiro atoms. The lowest BCUT2D eigenvalue weighted by Crippen LogP contribution is -2.37. The van der Waals surface area contributed by atoms with E-state index in [-0.39, 0.29) is 0 Å². The number of pyridine rings is 1. The van der Waals surface area contributed by atoms with Gasteiger partial charge in [0.05, 0.1) is 24.9 Å². The molecule has 3 aromatic rings. The van der Waals surface area contributed by atoms with Crippen molar-refractivity contribution in [3.8, 4) is 11.1 Å². The molecule has 0 aliphatic carbocycles. The van der Waals surface area contributed by atoms with Crippen molar-refractivity contribution in [1.29, 1.82) is 0 Å². The zero-order chi connectivity index (χ0) is 14.8. The van der Waals surface area contributed by atoms with Crippen LogP contribution in [-0.2, 0) is 4.74 Å². The van der Waals surface area contributed by atoms with Gasteiger partial charge in [0.15, 0.2) is 0 Å². The molecule has 0 radical (unpaired) electrons. The zero-order valence-corrected chi connectivity index (χ0v) is 11.9. The highest BCUT2D eigenvalue weighted by Gasteiger charge is 2.14. The number of aromatic nitrogens is 5. The standard InChI is InChI=1S/C15H14N6O/c1-3-22-4-2-21(1)15-19-9-14-13(20-15)5-11(8-18-14)12-6-16-10-17-7-12/h5-10H,1-4H2. The van der Waals surface area contributed by atoms with Gasteiger partial charge in [0.25, 0.3) is 0 Å². The van der Waals surface area contributed by atoms with Crippen molar-refractivity contribution >= 4 is 17.0 Å². The Bertz CT molecular complexity index is 788. The van der Waals surface area contributed by atoms with Gasteiger partial charge in [-0.3, -0.25) is 4.98 Å². The van der Waals surface area contributed by atoms with Gasteiger partial charge in [-0.2, -0.15) is 0 Å².